The van der Waals surface area contributed by atoms with Gasteiger partial charge in [0.05, 0.1) is 12.7 Å². The maximum Gasteiger partial charge on any atom is 0.122 e. The highest BCUT2D eigenvalue weighted by Crippen LogP contribution is 2.29. The molecule has 1 rings (SSSR count). The van der Waals surface area contributed by atoms with Gasteiger partial charge in [0, 0.05) is 4.47 Å². The number of hydrogen-bond acceptors (Lipinski definition) is 2. The summed E-state index contributed by atoms with van der Waals surface area (Å²) in [5.74, 6) is 1.41. The van der Waals surface area contributed by atoms with Crippen LogP contribution in [0.15, 0.2) is 22.7 Å². The van der Waals surface area contributed by atoms with Crippen molar-refractivity contribution in [2.45, 2.75) is 39.7 Å². The number of benzene rings is 1. The van der Waals surface area contributed by atoms with E-state index in [4.69, 9.17) is 9.47 Å². The Morgan fingerprint density at radius 2 is 1.82 bits per heavy atom. The Morgan fingerprint density at radius 1 is 1.12 bits per heavy atom. The van der Waals surface area contributed by atoms with Gasteiger partial charge < -0.3 is 9.47 Å². The van der Waals surface area contributed by atoms with Crippen LogP contribution in [0.3, 0.4) is 0 Å². The van der Waals surface area contributed by atoms with Gasteiger partial charge in [-0.25, -0.2) is 0 Å². The van der Waals surface area contributed by atoms with E-state index in [0.29, 0.717) is 19.1 Å². The first-order valence-electron chi connectivity index (χ1n) is 6.04. The summed E-state index contributed by atoms with van der Waals surface area (Å²) >= 11 is 3.49. The highest BCUT2D eigenvalue weighted by molar-refractivity contribution is 9.10. The summed E-state index contributed by atoms with van der Waals surface area (Å²) in [5.41, 5.74) is 1.23. The smallest absolute Gasteiger partial charge is 0.122 e. The first-order chi connectivity index (χ1) is 8.00. The Bertz CT molecular complexity index is 348. The Hall–Kier alpha value is -0.540. The third-order valence-corrected chi connectivity index (χ3v) is 2.88. The minimum absolute atomic E-state index is 0.257. The molecule has 0 saturated carbocycles. The van der Waals surface area contributed by atoms with Crippen molar-refractivity contribution in [2.75, 3.05) is 13.2 Å². The second-order valence-electron chi connectivity index (χ2n) is 4.60. The second-order valence-corrected chi connectivity index (χ2v) is 5.52. The van der Waals surface area contributed by atoms with E-state index in [1.54, 1.807) is 0 Å². The normalized spacial score (nSPS) is 11.2. The van der Waals surface area contributed by atoms with Gasteiger partial charge >= 0.3 is 0 Å². The first-order valence-corrected chi connectivity index (χ1v) is 6.84. The van der Waals surface area contributed by atoms with E-state index in [1.807, 2.05) is 26.0 Å². The lowest BCUT2D eigenvalue weighted by Crippen LogP contribution is -2.12. The summed E-state index contributed by atoms with van der Waals surface area (Å²) in [4.78, 5) is 0. The Labute approximate surface area is 112 Å². The number of halogens is 1. The van der Waals surface area contributed by atoms with Gasteiger partial charge in [-0.05, 0) is 43.5 Å². The largest absolute Gasteiger partial charge is 0.491 e. The van der Waals surface area contributed by atoms with Gasteiger partial charge in [-0.2, -0.15) is 0 Å². The van der Waals surface area contributed by atoms with Crippen LogP contribution >= 0.6 is 15.9 Å². The van der Waals surface area contributed by atoms with Crippen molar-refractivity contribution in [3.8, 4) is 5.75 Å². The first kappa shape index (κ1) is 14.5. The maximum atomic E-state index is 5.76. The minimum atomic E-state index is 0.257. The van der Waals surface area contributed by atoms with Crippen LogP contribution in [0.1, 0.15) is 39.2 Å². The average Bonchev–Trinajstić information content (AvgIpc) is 2.25. The molecule has 0 unspecified atom stereocenters. The molecule has 2 nitrogen and oxygen atoms in total. The third kappa shape index (κ3) is 5.09. The number of rotatable bonds is 6. The van der Waals surface area contributed by atoms with E-state index >= 15 is 0 Å². The fraction of sp³-hybridized carbons (Fsp3) is 0.571. The average molecular weight is 301 g/mol. The van der Waals surface area contributed by atoms with Gasteiger partial charge in [-0.1, -0.05) is 29.8 Å². The van der Waals surface area contributed by atoms with Gasteiger partial charge in [0.2, 0.25) is 0 Å². The van der Waals surface area contributed by atoms with E-state index in [0.717, 1.165) is 10.2 Å². The van der Waals surface area contributed by atoms with Crippen LogP contribution in [0.25, 0.3) is 0 Å². The molecule has 3 heteroatoms. The van der Waals surface area contributed by atoms with Gasteiger partial charge in [0.1, 0.15) is 12.4 Å². The summed E-state index contributed by atoms with van der Waals surface area (Å²) in [6.07, 6.45) is 0.257. The molecule has 0 spiro atoms. The van der Waals surface area contributed by atoms with Gasteiger partial charge in [-0.3, -0.25) is 0 Å². The second kappa shape index (κ2) is 7.02. The van der Waals surface area contributed by atoms with Crippen molar-refractivity contribution >= 4 is 15.9 Å². The van der Waals surface area contributed by atoms with Crippen molar-refractivity contribution in [3.63, 3.8) is 0 Å². The maximum absolute atomic E-state index is 5.76. The Balaban J connectivity index is 2.58. The monoisotopic (exact) mass is 300 g/mol. The summed E-state index contributed by atoms with van der Waals surface area (Å²) in [6, 6.07) is 6.13. The zero-order valence-electron chi connectivity index (χ0n) is 11.0. The highest BCUT2D eigenvalue weighted by atomic mass is 79.9. The zero-order chi connectivity index (χ0) is 12.8. The van der Waals surface area contributed by atoms with Crippen LogP contribution in [0.4, 0.5) is 0 Å². The molecule has 96 valence electrons. The molecule has 0 bridgehead atoms. The zero-order valence-corrected chi connectivity index (χ0v) is 12.6. The van der Waals surface area contributed by atoms with E-state index in [-0.39, 0.29) is 6.10 Å². The molecule has 1 aromatic rings. The van der Waals surface area contributed by atoms with Crippen molar-refractivity contribution in [1.29, 1.82) is 0 Å². The molecule has 17 heavy (non-hydrogen) atoms. The molecule has 0 N–H and O–H groups in total. The third-order valence-electron chi connectivity index (χ3n) is 2.39. The van der Waals surface area contributed by atoms with E-state index in [1.165, 1.54) is 5.56 Å². The lowest BCUT2D eigenvalue weighted by atomic mass is 10.0. The molecule has 0 amide bonds. The summed E-state index contributed by atoms with van der Waals surface area (Å²) in [5, 5.41) is 0. The van der Waals surface area contributed by atoms with Crippen LogP contribution in [0.2, 0.25) is 0 Å². The Kier molecular flexibility index (Phi) is 6.00. The molecular formula is C14H21BrO2. The molecule has 0 fully saturated rings. The fourth-order valence-electron chi connectivity index (χ4n) is 1.54. The van der Waals surface area contributed by atoms with Crippen LogP contribution < -0.4 is 4.74 Å². The number of hydrogen-bond donors (Lipinski definition) is 0. The predicted octanol–water partition coefficient (Wildman–Crippen LogP) is 4.38. The van der Waals surface area contributed by atoms with Crippen molar-refractivity contribution in [2.24, 2.45) is 0 Å². The molecule has 1 aromatic carbocycles. The van der Waals surface area contributed by atoms with E-state index < -0.39 is 0 Å². The van der Waals surface area contributed by atoms with Crippen LogP contribution in [0, 0.1) is 0 Å². The quantitative estimate of drug-likeness (QED) is 0.726. The number of ether oxygens (including phenoxy) is 2. The minimum Gasteiger partial charge on any atom is -0.491 e. The van der Waals surface area contributed by atoms with E-state index in [9.17, 15) is 0 Å². The SMILES string of the molecule is CC(C)OCCOc1ccc(Br)cc1C(C)C. The lowest BCUT2D eigenvalue weighted by molar-refractivity contribution is 0.0550. The summed E-state index contributed by atoms with van der Waals surface area (Å²) in [7, 11) is 0. The van der Waals surface area contributed by atoms with Crippen molar-refractivity contribution in [1.82, 2.24) is 0 Å². The molecule has 0 atom stereocenters. The molecular weight excluding hydrogens is 280 g/mol. The Morgan fingerprint density at radius 3 is 2.41 bits per heavy atom. The molecule has 0 aromatic heterocycles. The van der Waals surface area contributed by atoms with Crippen molar-refractivity contribution < 1.29 is 9.47 Å². The standard InChI is InChI=1S/C14H21BrO2/c1-10(2)13-9-12(15)5-6-14(13)17-8-7-16-11(3)4/h5-6,9-11H,7-8H2,1-4H3. The molecule has 0 saturated heterocycles. The van der Waals surface area contributed by atoms with Gasteiger partial charge in [-0.15, -0.1) is 0 Å². The molecule has 0 heterocycles. The predicted molar refractivity (Wildman–Crippen MR) is 74.8 cm³/mol. The molecule has 0 aliphatic carbocycles. The van der Waals surface area contributed by atoms with Crippen molar-refractivity contribution in [3.05, 3.63) is 28.2 Å². The molecule has 0 aliphatic rings. The summed E-state index contributed by atoms with van der Waals surface area (Å²) in [6.45, 7) is 9.61. The van der Waals surface area contributed by atoms with Crippen LogP contribution in [-0.2, 0) is 4.74 Å². The summed E-state index contributed by atoms with van der Waals surface area (Å²) < 4.78 is 12.3. The molecule has 0 radical (unpaired) electrons. The molecule has 0 aliphatic heterocycles. The van der Waals surface area contributed by atoms with Gasteiger partial charge in [0.25, 0.3) is 0 Å². The van der Waals surface area contributed by atoms with Crippen LogP contribution in [0.5, 0.6) is 5.75 Å². The highest BCUT2D eigenvalue weighted by Gasteiger charge is 2.08. The topological polar surface area (TPSA) is 18.5 Å². The van der Waals surface area contributed by atoms with E-state index in [2.05, 4.69) is 35.8 Å². The van der Waals surface area contributed by atoms with Gasteiger partial charge in [0.15, 0.2) is 0 Å². The van der Waals surface area contributed by atoms with Crippen LogP contribution in [-0.4, -0.2) is 19.3 Å². The fourth-order valence-corrected chi connectivity index (χ4v) is 1.92. The lowest BCUT2D eigenvalue weighted by Gasteiger charge is -2.15.